The quantitative estimate of drug-likeness (QED) is 0.837. The number of carbonyl (C=O) groups is 2. The first kappa shape index (κ1) is 15.8. The van der Waals surface area contributed by atoms with E-state index in [0.29, 0.717) is 6.54 Å². The van der Waals surface area contributed by atoms with Gasteiger partial charge in [-0.05, 0) is 24.7 Å². The molecule has 5 heteroatoms. The van der Waals surface area contributed by atoms with Crippen molar-refractivity contribution in [2.45, 2.75) is 53.1 Å². The monoisotopic (exact) mass is 270 g/mol. The first-order chi connectivity index (χ1) is 8.57. The van der Waals surface area contributed by atoms with Crippen molar-refractivity contribution in [3.05, 3.63) is 0 Å². The molecule has 5 nitrogen and oxygen atoms in total. The molecule has 0 aliphatic carbocycles. The van der Waals surface area contributed by atoms with Gasteiger partial charge in [-0.1, -0.05) is 27.7 Å². The molecule has 0 bridgehead atoms. The largest absolute Gasteiger partial charge is 0.480 e. The summed E-state index contributed by atoms with van der Waals surface area (Å²) in [5.74, 6) is -0.894. The van der Waals surface area contributed by atoms with Crippen LogP contribution in [-0.4, -0.2) is 52.6 Å². The van der Waals surface area contributed by atoms with Crippen molar-refractivity contribution in [1.29, 1.82) is 0 Å². The average Bonchev–Trinajstić information content (AvgIpc) is 2.66. The lowest BCUT2D eigenvalue weighted by atomic mass is 9.87. The number of likely N-dealkylation sites (tertiary alicyclic amines) is 1. The van der Waals surface area contributed by atoms with E-state index in [1.807, 2.05) is 13.8 Å². The van der Waals surface area contributed by atoms with Gasteiger partial charge in [-0.3, -0.25) is 0 Å². The van der Waals surface area contributed by atoms with E-state index in [1.54, 1.807) is 11.9 Å². The van der Waals surface area contributed by atoms with Crippen molar-refractivity contribution in [2.24, 2.45) is 11.3 Å². The Hall–Kier alpha value is -1.26. The van der Waals surface area contributed by atoms with Crippen LogP contribution < -0.4 is 0 Å². The van der Waals surface area contributed by atoms with Gasteiger partial charge in [0, 0.05) is 19.6 Å². The molecule has 1 aliphatic heterocycles. The second kappa shape index (κ2) is 5.39. The van der Waals surface area contributed by atoms with Crippen LogP contribution in [0.25, 0.3) is 0 Å². The molecule has 3 unspecified atom stereocenters. The zero-order valence-electron chi connectivity index (χ0n) is 12.8. The van der Waals surface area contributed by atoms with E-state index in [0.717, 1.165) is 6.42 Å². The first-order valence-electron chi connectivity index (χ1n) is 6.83. The minimum absolute atomic E-state index is 0.0137. The lowest BCUT2D eigenvalue weighted by Gasteiger charge is -2.38. The maximum absolute atomic E-state index is 12.5. The summed E-state index contributed by atoms with van der Waals surface area (Å²) in [6.45, 7) is 10.6. The van der Waals surface area contributed by atoms with E-state index in [-0.39, 0.29) is 23.4 Å². The smallest absolute Gasteiger partial charge is 0.326 e. The van der Waals surface area contributed by atoms with E-state index < -0.39 is 12.0 Å². The van der Waals surface area contributed by atoms with Crippen LogP contribution in [0.1, 0.15) is 41.0 Å². The number of carboxylic acids is 1. The lowest BCUT2D eigenvalue weighted by Crippen LogP contribution is -2.52. The summed E-state index contributed by atoms with van der Waals surface area (Å²) in [6, 6.07) is -0.827. The minimum Gasteiger partial charge on any atom is -0.480 e. The highest BCUT2D eigenvalue weighted by Gasteiger charge is 2.42. The maximum Gasteiger partial charge on any atom is 0.326 e. The highest BCUT2D eigenvalue weighted by molar-refractivity contribution is 5.83. The first-order valence-corrected chi connectivity index (χ1v) is 6.83. The van der Waals surface area contributed by atoms with Crippen molar-refractivity contribution < 1.29 is 14.7 Å². The van der Waals surface area contributed by atoms with Crippen LogP contribution in [0.5, 0.6) is 0 Å². The number of nitrogens with zero attached hydrogens (tertiary/aromatic N) is 2. The van der Waals surface area contributed by atoms with Gasteiger partial charge in [-0.25, -0.2) is 9.59 Å². The van der Waals surface area contributed by atoms with Crippen LogP contribution in [0.3, 0.4) is 0 Å². The summed E-state index contributed by atoms with van der Waals surface area (Å²) < 4.78 is 0. The summed E-state index contributed by atoms with van der Waals surface area (Å²) in [4.78, 5) is 26.9. The van der Waals surface area contributed by atoms with E-state index in [4.69, 9.17) is 0 Å². The van der Waals surface area contributed by atoms with Crippen LogP contribution >= 0.6 is 0 Å². The van der Waals surface area contributed by atoms with Gasteiger partial charge in [0.2, 0.25) is 0 Å². The Morgan fingerprint density at radius 1 is 1.37 bits per heavy atom. The third kappa shape index (κ3) is 3.19. The Kier molecular flexibility index (Phi) is 4.48. The molecule has 1 heterocycles. The van der Waals surface area contributed by atoms with Gasteiger partial charge in [0.1, 0.15) is 6.04 Å². The highest BCUT2D eigenvalue weighted by Crippen LogP contribution is 2.28. The third-order valence-corrected chi connectivity index (χ3v) is 4.33. The fourth-order valence-corrected chi connectivity index (χ4v) is 2.49. The van der Waals surface area contributed by atoms with Crippen LogP contribution in [-0.2, 0) is 4.79 Å². The molecule has 0 saturated carbocycles. The summed E-state index contributed by atoms with van der Waals surface area (Å²) in [5, 5.41) is 9.27. The number of carboxylic acid groups (broad SMARTS) is 1. The van der Waals surface area contributed by atoms with E-state index in [9.17, 15) is 14.7 Å². The van der Waals surface area contributed by atoms with Gasteiger partial charge in [0.05, 0.1) is 0 Å². The second-order valence-electron chi connectivity index (χ2n) is 6.68. The molecule has 0 radical (unpaired) electrons. The molecule has 0 spiro atoms. The van der Waals surface area contributed by atoms with Gasteiger partial charge in [0.25, 0.3) is 0 Å². The van der Waals surface area contributed by atoms with Gasteiger partial charge >= 0.3 is 12.0 Å². The summed E-state index contributed by atoms with van der Waals surface area (Å²) >= 11 is 0. The molecule has 1 N–H and O–H groups in total. The van der Waals surface area contributed by atoms with Crippen LogP contribution in [0, 0.1) is 11.3 Å². The minimum atomic E-state index is -0.907. The number of hydrogen-bond acceptors (Lipinski definition) is 2. The van der Waals surface area contributed by atoms with E-state index >= 15 is 0 Å². The molecule has 2 amide bonds. The molecular formula is C14H26N2O3. The number of urea groups is 1. The van der Waals surface area contributed by atoms with Crippen LogP contribution in [0.15, 0.2) is 0 Å². The van der Waals surface area contributed by atoms with Crippen molar-refractivity contribution in [1.82, 2.24) is 9.80 Å². The van der Waals surface area contributed by atoms with Crippen LogP contribution in [0.4, 0.5) is 4.79 Å². The Morgan fingerprint density at radius 2 is 1.89 bits per heavy atom. The molecule has 3 atom stereocenters. The molecule has 1 aliphatic rings. The third-order valence-electron chi connectivity index (χ3n) is 4.33. The molecule has 110 valence electrons. The highest BCUT2D eigenvalue weighted by atomic mass is 16.4. The topological polar surface area (TPSA) is 60.9 Å². The Bertz CT molecular complexity index is 362. The lowest BCUT2D eigenvalue weighted by molar-refractivity contribution is -0.142. The Labute approximate surface area is 115 Å². The zero-order valence-corrected chi connectivity index (χ0v) is 12.8. The van der Waals surface area contributed by atoms with Crippen molar-refractivity contribution in [3.8, 4) is 0 Å². The molecule has 1 saturated heterocycles. The number of hydrogen-bond donors (Lipinski definition) is 1. The normalized spacial score (nSPS) is 25.3. The average molecular weight is 270 g/mol. The maximum atomic E-state index is 12.5. The Balaban J connectivity index is 2.85. The molecule has 1 rings (SSSR count). The van der Waals surface area contributed by atoms with Crippen molar-refractivity contribution >= 4 is 12.0 Å². The number of amides is 2. The number of aliphatic carboxylic acids is 1. The predicted octanol–water partition coefficient (Wildman–Crippen LogP) is 2.27. The van der Waals surface area contributed by atoms with Crippen molar-refractivity contribution in [3.63, 3.8) is 0 Å². The Morgan fingerprint density at radius 3 is 2.32 bits per heavy atom. The fraction of sp³-hybridized carbons (Fsp3) is 0.857. The van der Waals surface area contributed by atoms with Gasteiger partial charge in [-0.15, -0.1) is 0 Å². The molecule has 0 aromatic heterocycles. The predicted molar refractivity (Wildman–Crippen MR) is 74.0 cm³/mol. The summed E-state index contributed by atoms with van der Waals surface area (Å²) in [6.07, 6.45) is 0.750. The molecule has 19 heavy (non-hydrogen) atoms. The number of carbonyl (C=O) groups excluding carboxylic acids is 1. The molecule has 0 aromatic rings. The summed E-state index contributed by atoms with van der Waals surface area (Å²) in [5.41, 5.74) is -0.0333. The fourth-order valence-electron chi connectivity index (χ4n) is 2.49. The molecular weight excluding hydrogens is 244 g/mol. The SMILES string of the molecule is CC1CCN(C(=O)N(C)C(C)C(C)(C)C)C1C(=O)O. The van der Waals surface area contributed by atoms with Crippen LogP contribution in [0.2, 0.25) is 0 Å². The molecule has 1 fully saturated rings. The molecule has 0 aromatic carbocycles. The van der Waals surface area contributed by atoms with Crippen molar-refractivity contribution in [2.75, 3.05) is 13.6 Å². The standard InChI is InChI=1S/C14H26N2O3/c1-9-7-8-16(11(9)12(17)18)13(19)15(6)10(2)14(3,4)5/h9-11H,7-8H2,1-6H3,(H,17,18). The second-order valence-corrected chi connectivity index (χ2v) is 6.68. The number of rotatable bonds is 2. The van der Waals surface area contributed by atoms with E-state index in [1.165, 1.54) is 4.90 Å². The van der Waals surface area contributed by atoms with E-state index in [2.05, 4.69) is 20.8 Å². The summed E-state index contributed by atoms with van der Waals surface area (Å²) in [7, 11) is 1.75. The van der Waals surface area contributed by atoms with Gasteiger partial charge in [0.15, 0.2) is 0 Å². The zero-order chi connectivity index (χ0) is 15.0. The van der Waals surface area contributed by atoms with Gasteiger partial charge in [-0.2, -0.15) is 0 Å². The van der Waals surface area contributed by atoms with Gasteiger partial charge < -0.3 is 14.9 Å².